The molecular formula is C14H9Br2F3O. The highest BCUT2D eigenvalue weighted by atomic mass is 79.9. The van der Waals surface area contributed by atoms with Gasteiger partial charge < -0.3 is 5.11 Å². The molecule has 0 amide bonds. The van der Waals surface area contributed by atoms with Gasteiger partial charge in [-0.3, -0.25) is 0 Å². The van der Waals surface area contributed by atoms with Crippen molar-refractivity contribution in [3.63, 3.8) is 0 Å². The van der Waals surface area contributed by atoms with E-state index in [1.807, 2.05) is 0 Å². The van der Waals surface area contributed by atoms with Gasteiger partial charge in [0.2, 0.25) is 0 Å². The normalized spacial score (nSPS) is 12.5. The van der Waals surface area contributed by atoms with Gasteiger partial charge in [-0.25, -0.2) is 13.2 Å². The average molecular weight is 410 g/mol. The van der Waals surface area contributed by atoms with E-state index in [0.29, 0.717) is 10.0 Å². The summed E-state index contributed by atoms with van der Waals surface area (Å²) in [5, 5.41) is 10.1. The fraction of sp³-hybridized carbons (Fsp3) is 0.143. The predicted molar refractivity (Wildman–Crippen MR) is 76.8 cm³/mol. The molecule has 0 saturated heterocycles. The van der Waals surface area contributed by atoms with E-state index in [0.717, 1.165) is 6.07 Å². The van der Waals surface area contributed by atoms with E-state index in [1.165, 1.54) is 24.3 Å². The van der Waals surface area contributed by atoms with Crippen LogP contribution in [0.2, 0.25) is 0 Å². The quantitative estimate of drug-likeness (QED) is 0.714. The number of hydrogen-bond donors (Lipinski definition) is 1. The van der Waals surface area contributed by atoms with Crippen molar-refractivity contribution in [3.8, 4) is 0 Å². The SMILES string of the molecule is OC(Cc1ccc(F)cc1Br)c1ccc(F)c(F)c1Br. The zero-order chi connectivity index (χ0) is 14.9. The summed E-state index contributed by atoms with van der Waals surface area (Å²) in [7, 11) is 0. The number of rotatable bonds is 3. The van der Waals surface area contributed by atoms with E-state index in [4.69, 9.17) is 0 Å². The second-order valence-corrected chi connectivity index (χ2v) is 5.87. The van der Waals surface area contributed by atoms with E-state index >= 15 is 0 Å². The number of aliphatic hydroxyl groups is 1. The Hall–Kier alpha value is -0.850. The third-order valence-electron chi connectivity index (χ3n) is 2.85. The van der Waals surface area contributed by atoms with Crippen molar-refractivity contribution in [2.75, 3.05) is 0 Å². The summed E-state index contributed by atoms with van der Waals surface area (Å²) in [5.41, 5.74) is 0.899. The minimum atomic E-state index is -1.04. The Kier molecular flexibility index (Phi) is 4.88. The number of benzene rings is 2. The molecule has 6 heteroatoms. The van der Waals surface area contributed by atoms with Crippen molar-refractivity contribution in [2.24, 2.45) is 0 Å². The molecule has 0 aliphatic heterocycles. The van der Waals surface area contributed by atoms with E-state index in [1.54, 1.807) is 0 Å². The molecule has 0 heterocycles. The highest BCUT2D eigenvalue weighted by Crippen LogP contribution is 2.31. The van der Waals surface area contributed by atoms with Crippen molar-refractivity contribution < 1.29 is 18.3 Å². The third kappa shape index (κ3) is 3.24. The molecule has 2 aromatic rings. The Morgan fingerprint density at radius 2 is 1.75 bits per heavy atom. The van der Waals surface area contributed by atoms with Gasteiger partial charge in [-0.2, -0.15) is 0 Å². The monoisotopic (exact) mass is 408 g/mol. The summed E-state index contributed by atoms with van der Waals surface area (Å²) in [6, 6.07) is 6.34. The van der Waals surface area contributed by atoms with Gasteiger partial charge in [-0.15, -0.1) is 0 Å². The van der Waals surface area contributed by atoms with Crippen LogP contribution in [0.3, 0.4) is 0 Å². The van der Waals surface area contributed by atoms with E-state index < -0.39 is 23.6 Å². The lowest BCUT2D eigenvalue weighted by Crippen LogP contribution is -2.05. The van der Waals surface area contributed by atoms with Crippen molar-refractivity contribution in [2.45, 2.75) is 12.5 Å². The van der Waals surface area contributed by atoms with Crippen LogP contribution >= 0.6 is 31.9 Å². The first-order chi connectivity index (χ1) is 9.40. The molecule has 0 spiro atoms. The number of aliphatic hydroxyl groups excluding tert-OH is 1. The average Bonchev–Trinajstić information content (AvgIpc) is 2.39. The standard InChI is InChI=1S/C14H9Br2F3O/c15-10-6-8(17)2-1-7(10)5-12(20)9-3-4-11(18)14(19)13(9)16/h1-4,6,12,20H,5H2. The van der Waals surface area contributed by atoms with Crippen LogP contribution < -0.4 is 0 Å². The fourth-order valence-electron chi connectivity index (χ4n) is 1.80. The molecule has 2 aromatic carbocycles. The van der Waals surface area contributed by atoms with Crippen LogP contribution in [0.25, 0.3) is 0 Å². The molecule has 1 N–H and O–H groups in total. The maximum absolute atomic E-state index is 13.4. The van der Waals surface area contributed by atoms with Crippen LogP contribution in [0.5, 0.6) is 0 Å². The Labute approximate surface area is 130 Å². The second-order valence-electron chi connectivity index (χ2n) is 4.22. The molecule has 0 bridgehead atoms. The summed E-state index contributed by atoms with van der Waals surface area (Å²) in [6.07, 6.45) is -0.897. The molecule has 1 atom stereocenters. The predicted octanol–water partition coefficient (Wildman–Crippen LogP) is 4.91. The van der Waals surface area contributed by atoms with Crippen molar-refractivity contribution in [1.82, 2.24) is 0 Å². The Bertz CT molecular complexity index is 647. The zero-order valence-corrected chi connectivity index (χ0v) is 13.2. The lowest BCUT2D eigenvalue weighted by atomic mass is 10.0. The summed E-state index contributed by atoms with van der Waals surface area (Å²) in [4.78, 5) is 0. The molecule has 0 aliphatic rings. The van der Waals surface area contributed by atoms with E-state index in [-0.39, 0.29) is 16.5 Å². The van der Waals surface area contributed by atoms with Gasteiger partial charge in [0, 0.05) is 10.9 Å². The topological polar surface area (TPSA) is 20.2 Å². The second kappa shape index (κ2) is 6.28. The number of halogens is 5. The van der Waals surface area contributed by atoms with E-state index in [2.05, 4.69) is 31.9 Å². The van der Waals surface area contributed by atoms with Crippen molar-refractivity contribution in [1.29, 1.82) is 0 Å². The maximum Gasteiger partial charge on any atom is 0.173 e. The van der Waals surface area contributed by atoms with Crippen LogP contribution in [-0.4, -0.2) is 5.11 Å². The first kappa shape index (κ1) is 15.5. The molecule has 1 unspecified atom stereocenters. The lowest BCUT2D eigenvalue weighted by molar-refractivity contribution is 0.176. The van der Waals surface area contributed by atoms with Crippen LogP contribution in [0.15, 0.2) is 39.3 Å². The minimum absolute atomic E-state index is 0.108. The van der Waals surface area contributed by atoms with Crippen LogP contribution in [0, 0.1) is 17.5 Å². The molecule has 0 aromatic heterocycles. The summed E-state index contributed by atoms with van der Waals surface area (Å²) in [6.45, 7) is 0. The molecular weight excluding hydrogens is 401 g/mol. The molecule has 1 nitrogen and oxygen atoms in total. The first-order valence-electron chi connectivity index (χ1n) is 5.65. The summed E-state index contributed by atoms with van der Waals surface area (Å²) < 4.78 is 39.8. The largest absolute Gasteiger partial charge is 0.388 e. The maximum atomic E-state index is 13.4. The molecule has 0 fully saturated rings. The zero-order valence-electron chi connectivity index (χ0n) is 10.0. The van der Waals surface area contributed by atoms with Gasteiger partial charge in [-0.05, 0) is 45.3 Å². The number of hydrogen-bond acceptors (Lipinski definition) is 1. The lowest BCUT2D eigenvalue weighted by Gasteiger charge is -2.14. The molecule has 20 heavy (non-hydrogen) atoms. The fourth-order valence-corrected chi connectivity index (χ4v) is 2.90. The van der Waals surface area contributed by atoms with Gasteiger partial charge in [0.15, 0.2) is 11.6 Å². The summed E-state index contributed by atoms with van der Waals surface area (Å²) >= 11 is 6.12. The van der Waals surface area contributed by atoms with Crippen LogP contribution in [0.4, 0.5) is 13.2 Å². The van der Waals surface area contributed by atoms with Crippen LogP contribution in [-0.2, 0) is 6.42 Å². The Morgan fingerprint density at radius 3 is 2.40 bits per heavy atom. The van der Waals surface area contributed by atoms with Crippen LogP contribution in [0.1, 0.15) is 17.2 Å². The Balaban J connectivity index is 2.28. The first-order valence-corrected chi connectivity index (χ1v) is 7.24. The Morgan fingerprint density at radius 1 is 1.05 bits per heavy atom. The van der Waals surface area contributed by atoms with Gasteiger partial charge >= 0.3 is 0 Å². The van der Waals surface area contributed by atoms with Gasteiger partial charge in [0.25, 0.3) is 0 Å². The molecule has 0 aliphatic carbocycles. The molecule has 0 radical (unpaired) electrons. The van der Waals surface area contributed by atoms with Gasteiger partial charge in [-0.1, -0.05) is 28.1 Å². The van der Waals surface area contributed by atoms with E-state index in [9.17, 15) is 18.3 Å². The molecule has 0 saturated carbocycles. The van der Waals surface area contributed by atoms with Gasteiger partial charge in [0.1, 0.15) is 5.82 Å². The highest BCUT2D eigenvalue weighted by Gasteiger charge is 2.18. The molecule has 106 valence electrons. The highest BCUT2D eigenvalue weighted by molar-refractivity contribution is 9.10. The molecule has 2 rings (SSSR count). The minimum Gasteiger partial charge on any atom is -0.388 e. The summed E-state index contributed by atoms with van der Waals surface area (Å²) in [5.74, 6) is -2.43. The van der Waals surface area contributed by atoms with Gasteiger partial charge in [0.05, 0.1) is 10.6 Å². The van der Waals surface area contributed by atoms with Crippen molar-refractivity contribution >= 4 is 31.9 Å². The van der Waals surface area contributed by atoms with Crippen molar-refractivity contribution in [3.05, 3.63) is 67.9 Å². The third-order valence-corrected chi connectivity index (χ3v) is 4.40. The smallest absolute Gasteiger partial charge is 0.173 e.